The topological polar surface area (TPSA) is 9.23 Å². The first-order valence-corrected chi connectivity index (χ1v) is 20.7. The fourth-order valence-corrected chi connectivity index (χ4v) is 20.0. The summed E-state index contributed by atoms with van der Waals surface area (Å²) in [5, 5.41) is 0. The van der Waals surface area contributed by atoms with Gasteiger partial charge in [0.2, 0.25) is 0 Å². The van der Waals surface area contributed by atoms with Crippen molar-refractivity contribution in [2.45, 2.75) is 105 Å². The molecule has 1 unspecified atom stereocenters. The first-order chi connectivity index (χ1) is 10.7. The summed E-state index contributed by atoms with van der Waals surface area (Å²) in [6.45, 7) is 19.8. The van der Waals surface area contributed by atoms with Crippen molar-refractivity contribution in [2.24, 2.45) is 0 Å². The van der Waals surface area contributed by atoms with Gasteiger partial charge in [0, 0.05) is 0 Å². The molecule has 0 N–H and O–H groups in total. The molecule has 23 heavy (non-hydrogen) atoms. The van der Waals surface area contributed by atoms with E-state index in [1.807, 2.05) is 0 Å². The van der Waals surface area contributed by atoms with E-state index in [1.165, 1.54) is 28.1 Å². The summed E-state index contributed by atoms with van der Waals surface area (Å²) in [5.74, 6) is 0. The summed E-state index contributed by atoms with van der Waals surface area (Å²) in [7, 11) is -1.70. The van der Waals surface area contributed by atoms with Crippen LogP contribution >= 0.6 is 0 Å². The molecule has 0 amide bonds. The Morgan fingerprint density at radius 2 is 1.39 bits per heavy atom. The van der Waals surface area contributed by atoms with Gasteiger partial charge in [-0.15, -0.1) is 0 Å². The van der Waals surface area contributed by atoms with E-state index in [0.717, 1.165) is 6.61 Å². The van der Waals surface area contributed by atoms with Gasteiger partial charge in [-0.1, -0.05) is 0 Å². The normalized spacial score (nSPS) is 16.0. The van der Waals surface area contributed by atoms with Gasteiger partial charge in [0.05, 0.1) is 0 Å². The summed E-state index contributed by atoms with van der Waals surface area (Å²) in [6.07, 6.45) is 6.52. The van der Waals surface area contributed by atoms with Crippen molar-refractivity contribution < 1.29 is 4.43 Å². The average molecular weight is 447 g/mol. The van der Waals surface area contributed by atoms with Crippen LogP contribution in [0.2, 0.25) is 30.4 Å². The van der Waals surface area contributed by atoms with Crippen LogP contribution in [0, 0.1) is 0 Å². The van der Waals surface area contributed by atoms with E-state index in [1.54, 1.807) is 0 Å². The van der Waals surface area contributed by atoms with Crippen LogP contribution in [0.5, 0.6) is 0 Å². The summed E-state index contributed by atoms with van der Waals surface area (Å²) >= 11 is -1.99. The van der Waals surface area contributed by atoms with Crippen LogP contribution in [-0.2, 0) is 4.43 Å². The molecule has 138 valence electrons. The van der Waals surface area contributed by atoms with Gasteiger partial charge in [-0.3, -0.25) is 0 Å². The van der Waals surface area contributed by atoms with Crippen molar-refractivity contribution in [3.8, 4) is 0 Å². The molecule has 0 radical (unpaired) electrons. The Hall–Kier alpha value is 0.716. The van der Waals surface area contributed by atoms with Gasteiger partial charge in [0.15, 0.2) is 0 Å². The molecule has 0 aromatic heterocycles. The van der Waals surface area contributed by atoms with Crippen molar-refractivity contribution in [3.63, 3.8) is 0 Å². The van der Waals surface area contributed by atoms with E-state index in [2.05, 4.69) is 70.5 Å². The Labute approximate surface area is 152 Å². The standard InChI is InChI=1S/C12H25OSi.C4H9.C3H7.CH3.Sn/c1-8-9-13-14(10(2)3,11(4)5)12(6)7;1-3-4-2;1-3-2;;/h1,8,10-12H,9H2,2-7H3;1,3-4H2,2H3;1,3H2,2H3;1H3;. The first-order valence-electron chi connectivity index (χ1n) is 9.97. The Kier molecular flexibility index (Phi) is 11.7. The second-order valence-corrected chi connectivity index (χ2v) is 27.2. The third kappa shape index (κ3) is 7.23. The van der Waals surface area contributed by atoms with E-state index in [0.29, 0.717) is 16.6 Å². The number of rotatable bonds is 12. The molecule has 0 aromatic rings. The second-order valence-electron chi connectivity index (χ2n) is 8.54. The van der Waals surface area contributed by atoms with Crippen molar-refractivity contribution in [1.29, 1.82) is 0 Å². The number of hydrogen-bond acceptors (Lipinski definition) is 1. The van der Waals surface area contributed by atoms with Crippen LogP contribution in [0.1, 0.15) is 74.7 Å². The third-order valence-corrected chi connectivity index (χ3v) is 23.6. The van der Waals surface area contributed by atoms with Crippen LogP contribution in [0.25, 0.3) is 0 Å². The number of unbranched alkanes of at least 4 members (excludes halogenated alkanes) is 1. The van der Waals surface area contributed by atoms with Crippen LogP contribution in [-0.4, -0.2) is 33.3 Å². The van der Waals surface area contributed by atoms with E-state index in [9.17, 15) is 0 Å². The molecule has 0 bridgehead atoms. The second kappa shape index (κ2) is 11.4. The zero-order valence-corrected chi connectivity index (χ0v) is 21.4. The summed E-state index contributed by atoms with van der Waals surface area (Å²) < 4.78 is 12.3. The van der Waals surface area contributed by atoms with Gasteiger partial charge in [-0.2, -0.15) is 0 Å². The molecule has 0 saturated carbocycles. The quantitative estimate of drug-likeness (QED) is 0.281. The maximum atomic E-state index is 6.68. The van der Waals surface area contributed by atoms with Gasteiger partial charge in [-0.25, -0.2) is 0 Å². The first kappa shape index (κ1) is 23.7. The monoisotopic (exact) mass is 448 g/mol. The van der Waals surface area contributed by atoms with Crippen molar-refractivity contribution in [1.82, 2.24) is 0 Å². The molecule has 0 heterocycles. The zero-order chi connectivity index (χ0) is 18.1. The Balaban J connectivity index is 4.91. The fraction of sp³-hybridized carbons (Fsp3) is 0.900. The van der Waals surface area contributed by atoms with Crippen LogP contribution in [0.4, 0.5) is 0 Å². The Bertz CT molecular complexity index is 317. The molecule has 0 rings (SSSR count). The minimum atomic E-state index is -1.99. The van der Waals surface area contributed by atoms with Crippen molar-refractivity contribution in [3.05, 3.63) is 10.2 Å². The minimum absolute atomic E-state index is 0.682. The molecule has 3 heteroatoms. The Morgan fingerprint density at radius 1 is 0.870 bits per heavy atom. The summed E-state index contributed by atoms with van der Waals surface area (Å²) in [5.41, 5.74) is 2.05. The summed E-state index contributed by atoms with van der Waals surface area (Å²) in [4.78, 5) is 2.63. The molecule has 0 aliphatic carbocycles. The van der Waals surface area contributed by atoms with Crippen molar-refractivity contribution in [2.75, 3.05) is 6.61 Å². The maximum absolute atomic E-state index is 6.68. The van der Waals surface area contributed by atoms with E-state index < -0.39 is 26.7 Å². The van der Waals surface area contributed by atoms with E-state index in [-0.39, 0.29) is 0 Å². The summed E-state index contributed by atoms with van der Waals surface area (Å²) in [6, 6.07) is 0. The predicted molar refractivity (Wildman–Crippen MR) is 113 cm³/mol. The molecule has 0 saturated heterocycles. The molecule has 0 aromatic carbocycles. The molecule has 0 spiro atoms. The van der Waals surface area contributed by atoms with Gasteiger partial charge in [-0.05, 0) is 0 Å². The molecule has 0 aliphatic rings. The molecule has 1 atom stereocenters. The van der Waals surface area contributed by atoms with Gasteiger partial charge in [0.25, 0.3) is 0 Å². The zero-order valence-electron chi connectivity index (χ0n) is 17.5. The SMILES string of the molecule is CCC[CH2][Sn]([CH3])(/[CH]=C/CO[Si](C(C)C)(C(C)C)C(C)C)[CH2]CC. The predicted octanol–water partition coefficient (Wildman–Crippen LogP) is 7.56. The molecule has 1 nitrogen and oxygen atoms in total. The molecule has 0 aliphatic heterocycles. The van der Waals surface area contributed by atoms with Gasteiger partial charge >= 0.3 is 153 Å². The molecular formula is C20H44OSiSn. The van der Waals surface area contributed by atoms with Crippen molar-refractivity contribution >= 4 is 26.7 Å². The third-order valence-electron chi connectivity index (χ3n) is 5.58. The Morgan fingerprint density at radius 3 is 1.78 bits per heavy atom. The average Bonchev–Trinajstić information content (AvgIpc) is 2.44. The number of hydrogen-bond donors (Lipinski definition) is 0. The van der Waals surface area contributed by atoms with E-state index >= 15 is 0 Å². The fourth-order valence-electron chi connectivity index (χ4n) is 4.47. The van der Waals surface area contributed by atoms with Crippen LogP contribution < -0.4 is 0 Å². The van der Waals surface area contributed by atoms with Crippen LogP contribution in [0.3, 0.4) is 0 Å². The molecular weight excluding hydrogens is 403 g/mol. The van der Waals surface area contributed by atoms with Gasteiger partial charge in [0.1, 0.15) is 0 Å². The molecule has 0 fully saturated rings. The van der Waals surface area contributed by atoms with Gasteiger partial charge < -0.3 is 0 Å². The van der Waals surface area contributed by atoms with Crippen LogP contribution in [0.15, 0.2) is 10.2 Å². The van der Waals surface area contributed by atoms with E-state index in [4.69, 9.17) is 4.43 Å².